The Labute approximate surface area is 543 Å². The van der Waals surface area contributed by atoms with Crippen molar-refractivity contribution < 1.29 is 80.2 Å². The van der Waals surface area contributed by atoms with Gasteiger partial charge in [-0.25, -0.2) is 9.13 Å². The Kier molecular flexibility index (Phi) is 59.6. The molecule has 17 nitrogen and oxygen atoms in total. The monoisotopic (exact) mass is 1310 g/mol. The van der Waals surface area contributed by atoms with Gasteiger partial charge in [-0.1, -0.05) is 299 Å². The van der Waals surface area contributed by atoms with E-state index < -0.39 is 97.5 Å². The van der Waals surface area contributed by atoms with Gasteiger partial charge in [0, 0.05) is 25.7 Å². The average Bonchev–Trinajstić information content (AvgIpc) is 3.65. The second kappa shape index (κ2) is 61.0. The van der Waals surface area contributed by atoms with Crippen molar-refractivity contribution in [2.75, 3.05) is 39.6 Å². The van der Waals surface area contributed by atoms with E-state index in [0.717, 1.165) is 114 Å². The lowest BCUT2D eigenvalue weighted by atomic mass is 10.00. The minimum absolute atomic E-state index is 0.102. The highest BCUT2D eigenvalue weighted by atomic mass is 31.2. The average molecular weight is 1310 g/mol. The van der Waals surface area contributed by atoms with E-state index >= 15 is 0 Å². The molecule has 528 valence electrons. The van der Waals surface area contributed by atoms with Gasteiger partial charge in [0.1, 0.15) is 19.3 Å². The third-order valence-electron chi connectivity index (χ3n) is 16.5. The number of unbranched alkanes of at least 4 members (excludes halogenated alkanes) is 35. The lowest BCUT2D eigenvalue weighted by molar-refractivity contribution is -0.161. The van der Waals surface area contributed by atoms with E-state index in [1.165, 1.54) is 154 Å². The summed E-state index contributed by atoms with van der Waals surface area (Å²) in [5.41, 5.74) is 0. The van der Waals surface area contributed by atoms with E-state index in [1.54, 1.807) is 0 Å². The van der Waals surface area contributed by atoms with Crippen LogP contribution in [0.5, 0.6) is 0 Å². The van der Waals surface area contributed by atoms with Crippen LogP contribution in [0.4, 0.5) is 0 Å². The number of carbonyl (C=O) groups excluding carboxylic acids is 4. The van der Waals surface area contributed by atoms with Crippen molar-refractivity contribution in [1.29, 1.82) is 0 Å². The van der Waals surface area contributed by atoms with Gasteiger partial charge in [0.15, 0.2) is 12.2 Å². The fraction of sp³-hybridized carbons (Fsp3) is 0.943. The third kappa shape index (κ3) is 63.2. The van der Waals surface area contributed by atoms with Gasteiger partial charge in [-0.05, 0) is 43.4 Å². The summed E-state index contributed by atoms with van der Waals surface area (Å²) in [6, 6.07) is 0. The maximum atomic E-state index is 13.0. The molecule has 0 bridgehead atoms. The van der Waals surface area contributed by atoms with Crippen LogP contribution in [0.3, 0.4) is 0 Å². The molecule has 0 heterocycles. The first-order valence-electron chi connectivity index (χ1n) is 36.4. The van der Waals surface area contributed by atoms with E-state index in [-0.39, 0.29) is 25.7 Å². The Bertz CT molecular complexity index is 1750. The van der Waals surface area contributed by atoms with Crippen molar-refractivity contribution in [3.63, 3.8) is 0 Å². The van der Waals surface area contributed by atoms with Crippen LogP contribution in [0.15, 0.2) is 0 Å². The van der Waals surface area contributed by atoms with Crippen LogP contribution in [0.25, 0.3) is 0 Å². The van der Waals surface area contributed by atoms with E-state index in [2.05, 4.69) is 48.5 Å². The van der Waals surface area contributed by atoms with Crippen molar-refractivity contribution in [2.24, 2.45) is 17.8 Å². The second-order valence-corrected chi connectivity index (χ2v) is 29.4. The molecule has 0 aliphatic rings. The zero-order valence-corrected chi connectivity index (χ0v) is 59.7. The summed E-state index contributed by atoms with van der Waals surface area (Å²) in [6.45, 7) is 11.7. The van der Waals surface area contributed by atoms with E-state index in [4.69, 9.17) is 37.0 Å². The Hall–Kier alpha value is -1.94. The Morgan fingerprint density at radius 1 is 0.326 bits per heavy atom. The first kappa shape index (κ1) is 87.1. The maximum absolute atomic E-state index is 13.0. The normalized spacial score (nSPS) is 14.5. The summed E-state index contributed by atoms with van der Waals surface area (Å²) in [5.74, 6) is 0.158. The van der Waals surface area contributed by atoms with Crippen LogP contribution in [0, 0.1) is 17.8 Å². The lowest BCUT2D eigenvalue weighted by Crippen LogP contribution is -2.30. The summed E-state index contributed by atoms with van der Waals surface area (Å²) in [4.78, 5) is 72.2. The van der Waals surface area contributed by atoms with Crippen molar-refractivity contribution in [1.82, 2.24) is 0 Å². The first-order chi connectivity index (χ1) is 42.8. The predicted molar refractivity (Wildman–Crippen MR) is 358 cm³/mol. The molecular formula is C70H136O17P2. The van der Waals surface area contributed by atoms with Crippen LogP contribution in [-0.4, -0.2) is 96.7 Å². The number of ether oxygens (including phenoxy) is 4. The summed E-state index contributed by atoms with van der Waals surface area (Å²) in [7, 11) is -9.89. The molecule has 3 N–H and O–H groups in total. The van der Waals surface area contributed by atoms with Crippen LogP contribution in [0.2, 0.25) is 0 Å². The molecule has 0 spiro atoms. The molecule has 19 heteroatoms. The van der Waals surface area contributed by atoms with Gasteiger partial charge in [-0.2, -0.15) is 0 Å². The second-order valence-electron chi connectivity index (χ2n) is 26.5. The molecule has 0 saturated carbocycles. The number of aliphatic hydroxyl groups is 1. The molecule has 0 aromatic heterocycles. The molecule has 0 aliphatic heterocycles. The largest absolute Gasteiger partial charge is 0.472 e. The number of phosphoric ester groups is 2. The number of rotatable bonds is 68. The zero-order chi connectivity index (χ0) is 65.9. The SMILES string of the molecule is CCCCCCCC(=O)OC[C@H](COP(=O)(O)OC[C@H](O)COP(=O)(O)OC[C@@H](COC(=O)CCCCCCCCCCCCC(C)C)OC(=O)CCCCCCCCCCCCCCCCCCCCC(C)C)OC(=O)CCCCCCCCC(C)CC. The minimum atomic E-state index is -4.95. The van der Waals surface area contributed by atoms with Gasteiger partial charge in [-0.15, -0.1) is 0 Å². The van der Waals surface area contributed by atoms with Gasteiger partial charge in [0.2, 0.25) is 0 Å². The molecule has 0 aromatic rings. The van der Waals surface area contributed by atoms with Gasteiger partial charge < -0.3 is 33.8 Å². The summed E-state index contributed by atoms with van der Waals surface area (Å²) in [5, 5.41) is 10.5. The first-order valence-corrected chi connectivity index (χ1v) is 39.4. The number of esters is 4. The summed E-state index contributed by atoms with van der Waals surface area (Å²) in [6.07, 6.45) is 45.0. The molecule has 0 saturated heterocycles. The smallest absolute Gasteiger partial charge is 0.462 e. The Morgan fingerprint density at radius 2 is 0.573 bits per heavy atom. The van der Waals surface area contributed by atoms with Crippen molar-refractivity contribution in [3.8, 4) is 0 Å². The van der Waals surface area contributed by atoms with E-state index in [9.17, 15) is 43.2 Å². The maximum Gasteiger partial charge on any atom is 0.472 e. The molecule has 0 aliphatic carbocycles. The molecule has 0 fully saturated rings. The van der Waals surface area contributed by atoms with Crippen molar-refractivity contribution in [2.45, 2.75) is 369 Å². The Balaban J connectivity index is 5.12. The lowest BCUT2D eigenvalue weighted by Gasteiger charge is -2.21. The minimum Gasteiger partial charge on any atom is -0.462 e. The van der Waals surface area contributed by atoms with Crippen LogP contribution in [-0.2, 0) is 65.4 Å². The van der Waals surface area contributed by atoms with Crippen LogP contribution >= 0.6 is 15.6 Å². The number of aliphatic hydroxyl groups excluding tert-OH is 1. The standard InChI is InChI=1S/C70H136O17P2/c1-8-10-11-34-44-51-67(72)80-57-65(87-70(75)54-47-40-33-32-37-43-50-63(7)9-2)59-84-88(76,77)82-55-64(71)56-83-89(78,79)85-60-66(58-81-68(73)52-45-38-30-26-23-22-25-29-36-42-49-62(5)6)86-69(74)53-46-39-31-27-21-19-17-15-13-12-14-16-18-20-24-28-35-41-48-61(3)4/h61-66,71H,8-60H2,1-7H3,(H,76,77)(H,78,79)/t63?,64-,65+,66+/m0/s1. The third-order valence-corrected chi connectivity index (χ3v) is 18.4. The quantitative estimate of drug-likeness (QED) is 0.0222. The fourth-order valence-corrected chi connectivity index (χ4v) is 12.1. The highest BCUT2D eigenvalue weighted by molar-refractivity contribution is 7.47. The van der Waals surface area contributed by atoms with Crippen molar-refractivity contribution >= 4 is 39.5 Å². The van der Waals surface area contributed by atoms with Gasteiger partial charge >= 0.3 is 39.5 Å². The molecule has 0 aromatic carbocycles. The number of carbonyl (C=O) groups is 4. The van der Waals surface area contributed by atoms with Gasteiger partial charge in [0.25, 0.3) is 0 Å². The molecule has 0 rings (SSSR count). The Morgan fingerprint density at radius 3 is 0.854 bits per heavy atom. The number of hydrogen-bond donors (Lipinski definition) is 3. The molecule has 6 atom stereocenters. The molecule has 3 unspecified atom stereocenters. The number of hydrogen-bond acceptors (Lipinski definition) is 15. The van der Waals surface area contributed by atoms with E-state index in [0.29, 0.717) is 25.7 Å². The number of phosphoric acid groups is 2. The van der Waals surface area contributed by atoms with Gasteiger partial charge in [-0.3, -0.25) is 37.3 Å². The highest BCUT2D eigenvalue weighted by Crippen LogP contribution is 2.45. The molecule has 89 heavy (non-hydrogen) atoms. The predicted octanol–water partition coefficient (Wildman–Crippen LogP) is 19.8. The van der Waals surface area contributed by atoms with Gasteiger partial charge in [0.05, 0.1) is 26.4 Å². The highest BCUT2D eigenvalue weighted by Gasteiger charge is 2.30. The van der Waals surface area contributed by atoms with Crippen LogP contribution < -0.4 is 0 Å². The summed E-state index contributed by atoms with van der Waals surface area (Å²) >= 11 is 0. The molecular weight excluding hydrogens is 1170 g/mol. The van der Waals surface area contributed by atoms with Crippen molar-refractivity contribution in [3.05, 3.63) is 0 Å². The summed E-state index contributed by atoms with van der Waals surface area (Å²) < 4.78 is 68.0. The molecule has 0 radical (unpaired) electrons. The topological polar surface area (TPSA) is 237 Å². The van der Waals surface area contributed by atoms with Crippen LogP contribution in [0.1, 0.15) is 350 Å². The van der Waals surface area contributed by atoms with E-state index in [1.807, 2.05) is 0 Å². The zero-order valence-electron chi connectivity index (χ0n) is 57.9. The molecule has 0 amide bonds. The fourth-order valence-electron chi connectivity index (χ4n) is 10.5.